The fourth-order valence-corrected chi connectivity index (χ4v) is 2.49. The van der Waals surface area contributed by atoms with Crippen LogP contribution in [-0.4, -0.2) is 16.9 Å². The third-order valence-electron chi connectivity index (χ3n) is 3.75. The van der Waals surface area contributed by atoms with E-state index in [9.17, 15) is 4.79 Å². The first-order chi connectivity index (χ1) is 11.9. The van der Waals surface area contributed by atoms with Crippen molar-refractivity contribution in [1.29, 1.82) is 0 Å². The van der Waals surface area contributed by atoms with Crippen molar-refractivity contribution in [2.75, 3.05) is 0 Å². The summed E-state index contributed by atoms with van der Waals surface area (Å²) in [5.74, 6) is 0. The molecule has 1 amide bonds. The SMILES string of the molecule is CC(=NOC(C)c1cccc(C)c1)c1ccc(Cl)c(CNC(=O)O)c1. The van der Waals surface area contributed by atoms with E-state index in [-0.39, 0.29) is 12.6 Å². The number of hydrogen-bond acceptors (Lipinski definition) is 3. The van der Waals surface area contributed by atoms with E-state index in [1.807, 2.05) is 45.0 Å². The molecule has 0 fully saturated rings. The number of carbonyl (C=O) groups is 1. The van der Waals surface area contributed by atoms with Gasteiger partial charge in [-0.2, -0.15) is 0 Å². The summed E-state index contributed by atoms with van der Waals surface area (Å²) in [4.78, 5) is 16.3. The standard InChI is InChI=1S/C19H21ClN2O3/c1-12-5-4-6-16(9-12)14(3)25-22-13(2)15-7-8-18(20)17(10-15)11-21-19(23)24/h4-10,14,21H,11H2,1-3H3,(H,23,24). The minimum atomic E-state index is -1.10. The maximum atomic E-state index is 10.6. The van der Waals surface area contributed by atoms with Gasteiger partial charge in [0, 0.05) is 11.6 Å². The van der Waals surface area contributed by atoms with Gasteiger partial charge in [-0.25, -0.2) is 4.79 Å². The predicted octanol–water partition coefficient (Wildman–Crippen LogP) is 4.92. The first-order valence-electron chi connectivity index (χ1n) is 7.89. The number of hydrogen-bond donors (Lipinski definition) is 2. The topological polar surface area (TPSA) is 70.9 Å². The number of oxime groups is 1. The lowest BCUT2D eigenvalue weighted by atomic mass is 10.1. The van der Waals surface area contributed by atoms with Crippen molar-refractivity contribution in [3.8, 4) is 0 Å². The Balaban J connectivity index is 2.11. The van der Waals surface area contributed by atoms with Crippen molar-refractivity contribution < 1.29 is 14.7 Å². The van der Waals surface area contributed by atoms with Crippen molar-refractivity contribution in [3.63, 3.8) is 0 Å². The van der Waals surface area contributed by atoms with Crippen LogP contribution in [0.1, 0.15) is 42.2 Å². The van der Waals surface area contributed by atoms with Crippen LogP contribution in [-0.2, 0) is 11.4 Å². The largest absolute Gasteiger partial charge is 0.465 e. The molecular weight excluding hydrogens is 340 g/mol. The molecule has 1 atom stereocenters. The van der Waals surface area contributed by atoms with Crippen LogP contribution < -0.4 is 5.32 Å². The van der Waals surface area contributed by atoms with E-state index in [0.717, 1.165) is 11.1 Å². The quantitative estimate of drug-likeness (QED) is 0.567. The molecule has 0 radical (unpaired) electrons. The molecule has 132 valence electrons. The second-order valence-electron chi connectivity index (χ2n) is 5.80. The van der Waals surface area contributed by atoms with Crippen molar-refractivity contribution >= 4 is 23.4 Å². The van der Waals surface area contributed by atoms with Gasteiger partial charge in [0.2, 0.25) is 0 Å². The van der Waals surface area contributed by atoms with E-state index >= 15 is 0 Å². The van der Waals surface area contributed by atoms with Crippen LogP contribution in [0.25, 0.3) is 0 Å². The average Bonchev–Trinajstić information content (AvgIpc) is 2.58. The number of carboxylic acid groups (broad SMARTS) is 1. The molecule has 25 heavy (non-hydrogen) atoms. The zero-order valence-corrected chi connectivity index (χ0v) is 15.2. The van der Waals surface area contributed by atoms with Crippen molar-refractivity contribution in [2.45, 2.75) is 33.4 Å². The summed E-state index contributed by atoms with van der Waals surface area (Å²) in [7, 11) is 0. The lowest BCUT2D eigenvalue weighted by molar-refractivity contribution is 0.0723. The van der Waals surface area contributed by atoms with Crippen LogP contribution in [0, 0.1) is 6.92 Å². The highest BCUT2D eigenvalue weighted by molar-refractivity contribution is 6.31. The molecule has 0 aliphatic carbocycles. The molecule has 0 heterocycles. The van der Waals surface area contributed by atoms with E-state index in [2.05, 4.69) is 16.5 Å². The zero-order valence-electron chi connectivity index (χ0n) is 14.4. The van der Waals surface area contributed by atoms with Gasteiger partial charge < -0.3 is 15.3 Å². The maximum Gasteiger partial charge on any atom is 0.404 e. The van der Waals surface area contributed by atoms with E-state index in [1.165, 1.54) is 5.56 Å². The molecule has 0 aliphatic heterocycles. The summed E-state index contributed by atoms with van der Waals surface area (Å²) in [6, 6.07) is 13.4. The second-order valence-corrected chi connectivity index (χ2v) is 6.21. The fourth-order valence-electron chi connectivity index (χ4n) is 2.30. The van der Waals surface area contributed by atoms with Crippen LogP contribution in [0.15, 0.2) is 47.6 Å². The summed E-state index contributed by atoms with van der Waals surface area (Å²) in [6.07, 6.45) is -1.27. The summed E-state index contributed by atoms with van der Waals surface area (Å²) >= 11 is 6.10. The van der Waals surface area contributed by atoms with E-state index in [4.69, 9.17) is 21.5 Å². The molecule has 0 spiro atoms. The van der Waals surface area contributed by atoms with Crippen molar-refractivity contribution in [1.82, 2.24) is 5.32 Å². The summed E-state index contributed by atoms with van der Waals surface area (Å²) in [6.45, 7) is 5.94. The van der Waals surface area contributed by atoms with Crippen LogP contribution in [0.4, 0.5) is 4.79 Å². The molecule has 0 saturated heterocycles. The number of aryl methyl sites for hydroxylation is 1. The summed E-state index contributed by atoms with van der Waals surface area (Å²) in [5, 5.41) is 15.7. The third-order valence-corrected chi connectivity index (χ3v) is 4.12. The minimum absolute atomic E-state index is 0.135. The van der Waals surface area contributed by atoms with Crippen LogP contribution >= 0.6 is 11.6 Å². The maximum absolute atomic E-state index is 10.6. The molecule has 0 saturated carbocycles. The van der Waals surface area contributed by atoms with Gasteiger partial charge >= 0.3 is 6.09 Å². The fraction of sp³-hybridized carbons (Fsp3) is 0.263. The lowest BCUT2D eigenvalue weighted by Gasteiger charge is -2.12. The molecule has 2 aromatic rings. The molecule has 1 unspecified atom stereocenters. The van der Waals surface area contributed by atoms with Gasteiger partial charge in [0.05, 0.1) is 5.71 Å². The molecule has 2 N–H and O–H groups in total. The molecule has 0 bridgehead atoms. The highest BCUT2D eigenvalue weighted by Crippen LogP contribution is 2.20. The van der Waals surface area contributed by atoms with Gasteiger partial charge in [-0.1, -0.05) is 52.7 Å². The van der Waals surface area contributed by atoms with Gasteiger partial charge in [0.1, 0.15) is 6.10 Å². The Labute approximate surface area is 152 Å². The molecular formula is C19H21ClN2O3. The van der Waals surface area contributed by atoms with Crippen molar-refractivity contribution in [3.05, 3.63) is 69.7 Å². The van der Waals surface area contributed by atoms with Gasteiger partial charge in [-0.05, 0) is 49.6 Å². The number of benzene rings is 2. The van der Waals surface area contributed by atoms with Gasteiger partial charge in [-0.15, -0.1) is 0 Å². The summed E-state index contributed by atoms with van der Waals surface area (Å²) in [5.41, 5.74) is 4.42. The summed E-state index contributed by atoms with van der Waals surface area (Å²) < 4.78 is 0. The Hall–Kier alpha value is -2.53. The molecule has 5 nitrogen and oxygen atoms in total. The zero-order chi connectivity index (χ0) is 18.4. The monoisotopic (exact) mass is 360 g/mol. The molecule has 6 heteroatoms. The van der Waals surface area contributed by atoms with E-state index in [0.29, 0.717) is 16.3 Å². The highest BCUT2D eigenvalue weighted by Gasteiger charge is 2.09. The molecule has 2 rings (SSSR count). The van der Waals surface area contributed by atoms with Crippen LogP contribution in [0.5, 0.6) is 0 Å². The normalized spacial score (nSPS) is 12.6. The number of halogens is 1. The van der Waals surface area contributed by atoms with E-state index < -0.39 is 6.09 Å². The first-order valence-corrected chi connectivity index (χ1v) is 8.27. The second kappa shape index (κ2) is 8.53. The van der Waals surface area contributed by atoms with Crippen LogP contribution in [0.2, 0.25) is 5.02 Å². The average molecular weight is 361 g/mol. The smallest absolute Gasteiger partial charge is 0.404 e. The minimum Gasteiger partial charge on any atom is -0.465 e. The van der Waals surface area contributed by atoms with Gasteiger partial charge in [0.15, 0.2) is 0 Å². The number of amides is 1. The first kappa shape index (κ1) is 18.8. The predicted molar refractivity (Wildman–Crippen MR) is 99.2 cm³/mol. The lowest BCUT2D eigenvalue weighted by Crippen LogP contribution is -2.20. The van der Waals surface area contributed by atoms with Crippen LogP contribution in [0.3, 0.4) is 0 Å². The highest BCUT2D eigenvalue weighted by atomic mass is 35.5. The number of nitrogens with one attached hydrogen (secondary N) is 1. The van der Waals surface area contributed by atoms with Crippen molar-refractivity contribution in [2.24, 2.45) is 5.16 Å². The Morgan fingerprint density at radius 3 is 2.76 bits per heavy atom. The van der Waals surface area contributed by atoms with E-state index in [1.54, 1.807) is 12.1 Å². The van der Waals surface area contributed by atoms with Gasteiger partial charge in [-0.3, -0.25) is 0 Å². The molecule has 0 aliphatic rings. The Bertz CT molecular complexity index is 790. The van der Waals surface area contributed by atoms with Gasteiger partial charge in [0.25, 0.3) is 0 Å². The number of nitrogens with zero attached hydrogens (tertiary/aromatic N) is 1. The Kier molecular flexibility index (Phi) is 6.42. The third kappa shape index (κ3) is 5.50. The molecule has 2 aromatic carbocycles. The Morgan fingerprint density at radius 2 is 2.08 bits per heavy atom. The number of rotatable bonds is 6. The Morgan fingerprint density at radius 1 is 1.32 bits per heavy atom. The molecule has 0 aromatic heterocycles.